The minimum atomic E-state index is -3.20. The van der Waals surface area contributed by atoms with Crippen LogP contribution in [0.1, 0.15) is 0 Å². The average Bonchev–Trinajstić information content (AvgIpc) is 2.67. The maximum Gasteiger partial charge on any atom is 0.262 e. The molecule has 0 atom stereocenters. The van der Waals surface area contributed by atoms with Crippen LogP contribution in [0.3, 0.4) is 0 Å². The van der Waals surface area contributed by atoms with Crippen LogP contribution in [0.2, 0.25) is 10.0 Å². The number of carbonyl (C=O) groups is 1. The Morgan fingerprint density at radius 1 is 1.10 bits per heavy atom. The molecule has 0 aromatic heterocycles. The molecule has 0 bridgehead atoms. The Balaban J connectivity index is 1.62. The third-order valence-electron chi connectivity index (χ3n) is 4.48. The molecule has 1 N–H and O–H groups in total. The smallest absolute Gasteiger partial charge is 0.262 e. The first kappa shape index (κ1) is 21.7. The predicted octanol–water partition coefficient (Wildman–Crippen LogP) is 3.09. The van der Waals surface area contributed by atoms with E-state index in [1.807, 2.05) is 23.1 Å². The number of sulfonamides is 1. The number of amides is 1. The van der Waals surface area contributed by atoms with Gasteiger partial charge in [0.2, 0.25) is 10.0 Å². The Morgan fingerprint density at radius 3 is 2.45 bits per heavy atom. The zero-order valence-electron chi connectivity index (χ0n) is 15.8. The van der Waals surface area contributed by atoms with E-state index in [9.17, 15) is 13.2 Å². The molecule has 10 heteroatoms. The number of halogens is 2. The minimum Gasteiger partial charge on any atom is -0.482 e. The molecule has 1 heterocycles. The summed E-state index contributed by atoms with van der Waals surface area (Å²) in [5, 5.41) is 3.66. The molecular weight excluding hydrogens is 437 g/mol. The number of anilines is 2. The van der Waals surface area contributed by atoms with Gasteiger partial charge in [-0.25, -0.2) is 8.42 Å². The highest BCUT2D eigenvalue weighted by molar-refractivity contribution is 7.88. The number of nitrogens with one attached hydrogen (secondary N) is 1. The number of rotatable bonds is 6. The number of ether oxygens (including phenoxy) is 1. The van der Waals surface area contributed by atoms with Crippen molar-refractivity contribution < 1.29 is 17.9 Å². The lowest BCUT2D eigenvalue weighted by Crippen LogP contribution is -2.48. The van der Waals surface area contributed by atoms with Gasteiger partial charge in [0, 0.05) is 31.2 Å². The van der Waals surface area contributed by atoms with Crippen molar-refractivity contribution in [2.24, 2.45) is 0 Å². The topological polar surface area (TPSA) is 79.0 Å². The Kier molecular flexibility index (Phi) is 6.89. The highest BCUT2D eigenvalue weighted by Crippen LogP contribution is 2.29. The summed E-state index contributed by atoms with van der Waals surface area (Å²) in [6, 6.07) is 12.2. The van der Waals surface area contributed by atoms with Gasteiger partial charge < -0.3 is 15.0 Å². The van der Waals surface area contributed by atoms with Gasteiger partial charge in [0.05, 0.1) is 22.7 Å². The summed E-state index contributed by atoms with van der Waals surface area (Å²) in [5.41, 5.74) is 1.47. The first-order chi connectivity index (χ1) is 13.7. The van der Waals surface area contributed by atoms with Crippen LogP contribution in [-0.4, -0.2) is 57.7 Å². The molecule has 3 rings (SSSR count). The summed E-state index contributed by atoms with van der Waals surface area (Å²) in [7, 11) is -3.20. The summed E-state index contributed by atoms with van der Waals surface area (Å²) in [6.07, 6.45) is 1.21. The molecule has 29 heavy (non-hydrogen) atoms. The van der Waals surface area contributed by atoms with Gasteiger partial charge in [-0.3, -0.25) is 4.79 Å². The van der Waals surface area contributed by atoms with E-state index in [4.69, 9.17) is 27.9 Å². The van der Waals surface area contributed by atoms with Crippen LogP contribution in [0.5, 0.6) is 5.75 Å². The number of hydrogen-bond acceptors (Lipinski definition) is 5. The molecule has 1 amide bonds. The monoisotopic (exact) mass is 457 g/mol. The second kappa shape index (κ2) is 9.21. The van der Waals surface area contributed by atoms with Gasteiger partial charge in [0.25, 0.3) is 5.91 Å². The maximum absolute atomic E-state index is 12.4. The fourth-order valence-corrected chi connectivity index (χ4v) is 4.33. The zero-order chi connectivity index (χ0) is 21.0. The summed E-state index contributed by atoms with van der Waals surface area (Å²) in [4.78, 5) is 14.4. The molecule has 0 radical (unpaired) electrons. The molecule has 0 spiro atoms. The van der Waals surface area contributed by atoms with Gasteiger partial charge in [-0.1, -0.05) is 35.3 Å². The van der Waals surface area contributed by atoms with Crippen molar-refractivity contribution in [3.05, 3.63) is 52.5 Å². The fraction of sp³-hybridized carbons (Fsp3) is 0.316. The number of nitrogens with zero attached hydrogens (tertiary/aromatic N) is 2. The summed E-state index contributed by atoms with van der Waals surface area (Å²) in [5.74, 6) is 0.0367. The van der Waals surface area contributed by atoms with Crippen molar-refractivity contribution in [1.82, 2.24) is 4.31 Å². The Labute approximate surface area is 180 Å². The SMILES string of the molecule is CS(=O)(=O)N1CCN(c2ccccc2NC(=O)COc2ccc(Cl)cc2Cl)CC1. The molecule has 0 unspecified atom stereocenters. The Hall–Kier alpha value is -2.00. The van der Waals surface area contributed by atoms with Crippen LogP contribution in [0, 0.1) is 0 Å². The van der Waals surface area contributed by atoms with Gasteiger partial charge in [0.15, 0.2) is 6.61 Å². The Morgan fingerprint density at radius 2 is 1.79 bits per heavy atom. The zero-order valence-corrected chi connectivity index (χ0v) is 18.1. The largest absolute Gasteiger partial charge is 0.482 e. The standard InChI is InChI=1S/C19H21Cl2N3O4S/c1-29(26,27)24-10-8-23(9-11-24)17-5-3-2-4-16(17)22-19(25)13-28-18-7-6-14(20)12-15(18)21/h2-7,12H,8-11,13H2,1H3,(H,22,25). The van der Waals surface area contributed by atoms with Crippen LogP contribution in [0.25, 0.3) is 0 Å². The summed E-state index contributed by atoms with van der Waals surface area (Å²) in [6.45, 7) is 1.67. The number of hydrogen-bond donors (Lipinski definition) is 1. The van der Waals surface area contributed by atoms with Gasteiger partial charge in [-0.05, 0) is 30.3 Å². The van der Waals surface area contributed by atoms with Crippen molar-refractivity contribution in [3.63, 3.8) is 0 Å². The lowest BCUT2D eigenvalue weighted by atomic mass is 10.2. The van der Waals surface area contributed by atoms with Gasteiger partial charge >= 0.3 is 0 Å². The summed E-state index contributed by atoms with van der Waals surface area (Å²) >= 11 is 11.9. The van der Waals surface area contributed by atoms with Crippen molar-refractivity contribution in [1.29, 1.82) is 0 Å². The number of para-hydroxylation sites is 2. The highest BCUT2D eigenvalue weighted by atomic mass is 35.5. The third kappa shape index (κ3) is 5.76. The van der Waals surface area contributed by atoms with E-state index in [0.29, 0.717) is 47.7 Å². The quantitative estimate of drug-likeness (QED) is 0.720. The second-order valence-electron chi connectivity index (χ2n) is 6.58. The van der Waals surface area contributed by atoms with Crippen molar-refractivity contribution in [2.45, 2.75) is 0 Å². The molecule has 1 saturated heterocycles. The van der Waals surface area contributed by atoms with Crippen LogP contribution in [-0.2, 0) is 14.8 Å². The minimum absolute atomic E-state index is 0.211. The number of benzene rings is 2. The molecule has 1 fully saturated rings. The van der Waals surface area contributed by atoms with E-state index in [-0.39, 0.29) is 12.5 Å². The molecule has 156 valence electrons. The first-order valence-corrected chi connectivity index (χ1v) is 11.5. The maximum atomic E-state index is 12.4. The molecular formula is C19H21Cl2N3O4S. The Bertz CT molecular complexity index is 993. The van der Waals surface area contributed by atoms with Gasteiger partial charge in [-0.15, -0.1) is 0 Å². The highest BCUT2D eigenvalue weighted by Gasteiger charge is 2.24. The van der Waals surface area contributed by atoms with E-state index in [0.717, 1.165) is 5.69 Å². The molecule has 0 aliphatic carbocycles. The fourth-order valence-electron chi connectivity index (χ4n) is 3.04. The second-order valence-corrected chi connectivity index (χ2v) is 9.40. The molecule has 7 nitrogen and oxygen atoms in total. The van der Waals surface area contributed by atoms with E-state index >= 15 is 0 Å². The van der Waals surface area contributed by atoms with Crippen molar-refractivity contribution in [2.75, 3.05) is 49.3 Å². The van der Waals surface area contributed by atoms with Crippen LogP contribution in [0.15, 0.2) is 42.5 Å². The van der Waals surface area contributed by atoms with Crippen molar-refractivity contribution in [3.8, 4) is 5.75 Å². The molecule has 1 aliphatic rings. The normalized spacial score (nSPS) is 15.2. The summed E-state index contributed by atoms with van der Waals surface area (Å²) < 4.78 is 30.3. The van der Waals surface area contributed by atoms with Crippen LogP contribution < -0.4 is 15.0 Å². The third-order valence-corrected chi connectivity index (χ3v) is 6.31. The lowest BCUT2D eigenvalue weighted by molar-refractivity contribution is -0.118. The molecule has 0 saturated carbocycles. The molecule has 2 aromatic carbocycles. The number of piperazine rings is 1. The molecule has 2 aromatic rings. The average molecular weight is 458 g/mol. The first-order valence-electron chi connectivity index (χ1n) is 8.91. The lowest BCUT2D eigenvalue weighted by Gasteiger charge is -2.35. The van der Waals surface area contributed by atoms with E-state index in [2.05, 4.69) is 5.32 Å². The van der Waals surface area contributed by atoms with E-state index in [1.54, 1.807) is 24.3 Å². The van der Waals surface area contributed by atoms with Crippen LogP contribution >= 0.6 is 23.2 Å². The molecule has 1 aliphatic heterocycles. The van der Waals surface area contributed by atoms with Gasteiger partial charge in [-0.2, -0.15) is 4.31 Å². The van der Waals surface area contributed by atoms with Gasteiger partial charge in [0.1, 0.15) is 5.75 Å². The van der Waals surface area contributed by atoms with Crippen LogP contribution in [0.4, 0.5) is 11.4 Å². The predicted molar refractivity (Wildman–Crippen MR) is 116 cm³/mol. The number of carbonyl (C=O) groups excluding carboxylic acids is 1. The van der Waals surface area contributed by atoms with Crippen molar-refractivity contribution >= 4 is 50.5 Å². The van der Waals surface area contributed by atoms with E-state index in [1.165, 1.54) is 10.6 Å². The van der Waals surface area contributed by atoms with E-state index < -0.39 is 10.0 Å².